The summed E-state index contributed by atoms with van der Waals surface area (Å²) in [4.78, 5) is 25.2. The Bertz CT molecular complexity index is 524. The fourth-order valence-electron chi connectivity index (χ4n) is 3.07. The van der Waals surface area contributed by atoms with Crippen LogP contribution in [0.4, 0.5) is 0 Å². The molecule has 0 spiro atoms. The SMILES string of the molecule is CN(CCCc1ccccc1)C(=O)[C@H]1[C@@H](C(=O)O)C1(C)C. The molecule has 1 N–H and O–H groups in total. The van der Waals surface area contributed by atoms with Crippen LogP contribution in [0.15, 0.2) is 30.3 Å². The highest BCUT2D eigenvalue weighted by molar-refractivity contribution is 5.91. The van der Waals surface area contributed by atoms with Gasteiger partial charge in [-0.1, -0.05) is 44.2 Å². The quantitative estimate of drug-likeness (QED) is 0.875. The second-order valence-corrected chi connectivity index (χ2v) is 6.46. The molecule has 0 aromatic heterocycles. The smallest absolute Gasteiger partial charge is 0.307 e. The topological polar surface area (TPSA) is 57.6 Å². The van der Waals surface area contributed by atoms with Crippen LogP contribution in [0.25, 0.3) is 0 Å². The lowest BCUT2D eigenvalue weighted by Crippen LogP contribution is -2.31. The van der Waals surface area contributed by atoms with Crippen LogP contribution in [0.5, 0.6) is 0 Å². The molecule has 0 heterocycles. The number of aryl methyl sites for hydroxylation is 1. The molecule has 2 atom stereocenters. The van der Waals surface area contributed by atoms with Gasteiger partial charge in [0.2, 0.25) is 5.91 Å². The fraction of sp³-hybridized carbons (Fsp3) is 0.529. The maximum Gasteiger partial charge on any atom is 0.307 e. The highest BCUT2D eigenvalue weighted by Crippen LogP contribution is 2.58. The van der Waals surface area contributed by atoms with Gasteiger partial charge in [-0.3, -0.25) is 9.59 Å². The van der Waals surface area contributed by atoms with E-state index in [2.05, 4.69) is 12.1 Å². The molecular weight excluding hydrogens is 266 g/mol. The molecule has 0 radical (unpaired) electrons. The normalized spacial score (nSPS) is 22.6. The molecule has 1 aliphatic carbocycles. The molecule has 0 bridgehead atoms. The predicted molar refractivity (Wildman–Crippen MR) is 80.8 cm³/mol. The fourth-order valence-corrected chi connectivity index (χ4v) is 3.07. The number of benzene rings is 1. The zero-order chi connectivity index (χ0) is 15.6. The van der Waals surface area contributed by atoms with Crippen LogP contribution in [-0.4, -0.2) is 35.5 Å². The number of nitrogens with zero attached hydrogens (tertiary/aromatic N) is 1. The number of aliphatic carboxylic acids is 1. The van der Waals surface area contributed by atoms with Gasteiger partial charge in [-0.05, 0) is 23.8 Å². The first-order valence-electron chi connectivity index (χ1n) is 7.37. The third-order valence-electron chi connectivity index (χ3n) is 4.54. The standard InChI is InChI=1S/C17H23NO3/c1-17(2)13(14(17)16(20)21)15(19)18(3)11-7-10-12-8-5-4-6-9-12/h4-6,8-9,13-14H,7,10-11H2,1-3H3,(H,20,21)/t13-,14+/m1/s1. The van der Waals surface area contributed by atoms with Gasteiger partial charge < -0.3 is 10.0 Å². The van der Waals surface area contributed by atoms with Crippen molar-refractivity contribution in [2.75, 3.05) is 13.6 Å². The van der Waals surface area contributed by atoms with E-state index in [1.165, 1.54) is 5.56 Å². The number of carbonyl (C=O) groups excluding carboxylic acids is 1. The highest BCUT2D eigenvalue weighted by atomic mass is 16.4. The molecule has 0 aliphatic heterocycles. The number of hydrogen-bond acceptors (Lipinski definition) is 2. The number of carbonyl (C=O) groups is 2. The van der Waals surface area contributed by atoms with Gasteiger partial charge in [0.05, 0.1) is 11.8 Å². The predicted octanol–water partition coefficient (Wildman–Crippen LogP) is 2.43. The summed E-state index contributed by atoms with van der Waals surface area (Å²) >= 11 is 0. The summed E-state index contributed by atoms with van der Waals surface area (Å²) in [5.74, 6) is -1.82. The molecule has 1 aromatic rings. The Balaban J connectivity index is 1.83. The lowest BCUT2D eigenvalue weighted by Gasteiger charge is -2.18. The van der Waals surface area contributed by atoms with Gasteiger partial charge in [-0.2, -0.15) is 0 Å². The van der Waals surface area contributed by atoms with Crippen molar-refractivity contribution in [1.82, 2.24) is 4.90 Å². The molecule has 0 saturated heterocycles. The molecular formula is C17H23NO3. The third kappa shape index (κ3) is 3.26. The van der Waals surface area contributed by atoms with E-state index in [1.807, 2.05) is 32.0 Å². The van der Waals surface area contributed by atoms with Crippen molar-refractivity contribution in [2.45, 2.75) is 26.7 Å². The minimum atomic E-state index is -0.865. The van der Waals surface area contributed by atoms with Crippen LogP contribution in [0.2, 0.25) is 0 Å². The Morgan fingerprint density at radius 1 is 1.19 bits per heavy atom. The lowest BCUT2D eigenvalue weighted by atomic mass is 10.1. The number of amides is 1. The minimum absolute atomic E-state index is 0.0412. The molecule has 4 heteroatoms. The van der Waals surface area contributed by atoms with Crippen LogP contribution >= 0.6 is 0 Å². The Morgan fingerprint density at radius 3 is 2.33 bits per heavy atom. The first kappa shape index (κ1) is 15.5. The number of hydrogen-bond donors (Lipinski definition) is 1. The minimum Gasteiger partial charge on any atom is -0.481 e. The Hall–Kier alpha value is -1.84. The van der Waals surface area contributed by atoms with Gasteiger partial charge >= 0.3 is 5.97 Å². The zero-order valence-electron chi connectivity index (χ0n) is 12.9. The molecule has 4 nitrogen and oxygen atoms in total. The summed E-state index contributed by atoms with van der Waals surface area (Å²) in [6, 6.07) is 10.2. The van der Waals surface area contributed by atoms with Crippen LogP contribution in [0, 0.1) is 17.3 Å². The van der Waals surface area contributed by atoms with E-state index in [0.717, 1.165) is 12.8 Å². The summed E-state index contributed by atoms with van der Waals surface area (Å²) in [6.07, 6.45) is 1.81. The molecule has 1 fully saturated rings. The van der Waals surface area contributed by atoms with Crippen LogP contribution in [0.1, 0.15) is 25.8 Å². The Morgan fingerprint density at radius 2 is 1.81 bits per heavy atom. The number of rotatable bonds is 6. The van der Waals surface area contributed by atoms with Gasteiger partial charge in [-0.25, -0.2) is 0 Å². The van der Waals surface area contributed by atoms with Crippen molar-refractivity contribution < 1.29 is 14.7 Å². The average molecular weight is 289 g/mol. The van der Waals surface area contributed by atoms with Crippen molar-refractivity contribution in [3.63, 3.8) is 0 Å². The summed E-state index contributed by atoms with van der Waals surface area (Å²) < 4.78 is 0. The molecule has 2 rings (SSSR count). The monoisotopic (exact) mass is 289 g/mol. The summed E-state index contributed by atoms with van der Waals surface area (Å²) in [5.41, 5.74) is 0.838. The van der Waals surface area contributed by atoms with Crippen molar-refractivity contribution in [3.05, 3.63) is 35.9 Å². The lowest BCUT2D eigenvalue weighted by molar-refractivity contribution is -0.141. The highest BCUT2D eigenvalue weighted by Gasteiger charge is 2.66. The van der Waals surface area contributed by atoms with Gasteiger partial charge in [-0.15, -0.1) is 0 Å². The van der Waals surface area contributed by atoms with Crippen molar-refractivity contribution in [2.24, 2.45) is 17.3 Å². The van der Waals surface area contributed by atoms with E-state index >= 15 is 0 Å². The molecule has 0 unspecified atom stereocenters. The molecule has 21 heavy (non-hydrogen) atoms. The van der Waals surface area contributed by atoms with Crippen LogP contribution < -0.4 is 0 Å². The summed E-state index contributed by atoms with van der Waals surface area (Å²) in [7, 11) is 1.76. The van der Waals surface area contributed by atoms with Crippen LogP contribution in [-0.2, 0) is 16.0 Å². The van der Waals surface area contributed by atoms with E-state index in [1.54, 1.807) is 11.9 Å². The van der Waals surface area contributed by atoms with E-state index in [0.29, 0.717) is 6.54 Å². The third-order valence-corrected chi connectivity index (χ3v) is 4.54. The van der Waals surface area contributed by atoms with Gasteiger partial charge in [0.25, 0.3) is 0 Å². The summed E-state index contributed by atoms with van der Waals surface area (Å²) in [6.45, 7) is 4.37. The van der Waals surface area contributed by atoms with E-state index in [4.69, 9.17) is 5.11 Å². The maximum absolute atomic E-state index is 12.3. The first-order valence-corrected chi connectivity index (χ1v) is 7.37. The number of carboxylic acids is 1. The molecule has 1 amide bonds. The van der Waals surface area contributed by atoms with E-state index in [9.17, 15) is 9.59 Å². The largest absolute Gasteiger partial charge is 0.481 e. The molecule has 1 aliphatic rings. The van der Waals surface area contributed by atoms with E-state index < -0.39 is 17.3 Å². The second kappa shape index (κ2) is 5.88. The second-order valence-electron chi connectivity index (χ2n) is 6.46. The van der Waals surface area contributed by atoms with E-state index in [-0.39, 0.29) is 11.8 Å². The molecule has 114 valence electrons. The van der Waals surface area contributed by atoms with Crippen LogP contribution in [0.3, 0.4) is 0 Å². The van der Waals surface area contributed by atoms with Crippen molar-refractivity contribution in [3.8, 4) is 0 Å². The maximum atomic E-state index is 12.3. The zero-order valence-corrected chi connectivity index (χ0v) is 12.9. The van der Waals surface area contributed by atoms with Crippen molar-refractivity contribution in [1.29, 1.82) is 0 Å². The van der Waals surface area contributed by atoms with Gasteiger partial charge in [0.1, 0.15) is 0 Å². The molecule has 1 aromatic carbocycles. The number of carboxylic acid groups (broad SMARTS) is 1. The van der Waals surface area contributed by atoms with Gasteiger partial charge in [0.15, 0.2) is 0 Å². The molecule has 1 saturated carbocycles. The van der Waals surface area contributed by atoms with Gasteiger partial charge in [0, 0.05) is 13.6 Å². The van der Waals surface area contributed by atoms with Crippen molar-refractivity contribution >= 4 is 11.9 Å². The first-order chi connectivity index (χ1) is 9.85. The average Bonchev–Trinajstić information content (AvgIpc) is 3.02. The Labute approximate surface area is 125 Å². The summed E-state index contributed by atoms with van der Waals surface area (Å²) in [5, 5.41) is 9.14. The Kier molecular flexibility index (Phi) is 4.35.